The summed E-state index contributed by atoms with van der Waals surface area (Å²) < 4.78 is 25.6. The van der Waals surface area contributed by atoms with Gasteiger partial charge in [0.15, 0.2) is 5.76 Å². The maximum Gasteiger partial charge on any atom is 0.288 e. The first-order valence-electron chi connectivity index (χ1n) is 11.7. The third kappa shape index (κ3) is 6.01. The molecule has 0 radical (unpaired) electrons. The topological polar surface area (TPSA) is 59.0 Å². The Bertz CT molecular complexity index is 951. The summed E-state index contributed by atoms with van der Waals surface area (Å²) >= 11 is 0. The van der Waals surface area contributed by atoms with Crippen molar-refractivity contribution < 1.29 is 23.8 Å². The number of hydrogen-bond donors (Lipinski definition) is 1. The SMILES string of the molecule is CN(C(=O)C1=C[C@H](c2ccc(F)cc2)C[C@H](OCc2ccc(CO)cc2)O1)C1CCCCC1. The smallest absolute Gasteiger partial charge is 0.288 e. The molecular formula is C27H32FNO4. The number of allylic oxidation sites excluding steroid dienone is 1. The average Bonchev–Trinajstić information content (AvgIpc) is 2.87. The van der Waals surface area contributed by atoms with Gasteiger partial charge in [0.25, 0.3) is 5.91 Å². The molecule has 2 aromatic carbocycles. The molecule has 0 saturated heterocycles. The van der Waals surface area contributed by atoms with Gasteiger partial charge in [0.05, 0.1) is 13.2 Å². The highest BCUT2D eigenvalue weighted by atomic mass is 19.1. The Morgan fingerprint density at radius 2 is 1.73 bits per heavy atom. The van der Waals surface area contributed by atoms with E-state index in [0.717, 1.165) is 42.4 Å². The highest BCUT2D eigenvalue weighted by Crippen LogP contribution is 2.33. The van der Waals surface area contributed by atoms with Crippen LogP contribution >= 0.6 is 0 Å². The molecule has 6 heteroatoms. The summed E-state index contributed by atoms with van der Waals surface area (Å²) in [5, 5.41) is 9.22. The molecule has 1 N–H and O–H groups in total. The summed E-state index contributed by atoms with van der Waals surface area (Å²) in [6.07, 6.45) is 7.32. The first-order valence-corrected chi connectivity index (χ1v) is 11.7. The molecule has 0 unspecified atom stereocenters. The quantitative estimate of drug-likeness (QED) is 0.638. The molecular weight excluding hydrogens is 421 g/mol. The number of halogens is 1. The largest absolute Gasteiger partial charge is 0.459 e. The lowest BCUT2D eigenvalue weighted by molar-refractivity contribution is -0.156. The van der Waals surface area contributed by atoms with Crippen molar-refractivity contribution in [1.82, 2.24) is 4.90 Å². The number of aliphatic hydroxyl groups is 1. The number of amides is 1. The summed E-state index contributed by atoms with van der Waals surface area (Å²) in [6, 6.07) is 14.1. The number of benzene rings is 2. The van der Waals surface area contributed by atoms with E-state index in [1.54, 1.807) is 12.1 Å². The van der Waals surface area contributed by atoms with Crippen LogP contribution in [0.1, 0.15) is 61.1 Å². The number of likely N-dealkylation sites (N-methyl/N-ethyl adjacent to an activating group) is 1. The molecule has 0 spiro atoms. The standard InChI is InChI=1S/C27H32FNO4/c1-29(24-5-3-2-4-6-24)27(31)25-15-22(21-11-13-23(28)14-12-21)16-26(33-25)32-18-20-9-7-19(17-30)8-10-20/h7-15,22,24,26,30H,2-6,16-18H2,1H3/t22-,26+/m0/s1. The van der Waals surface area contributed by atoms with E-state index in [1.165, 1.54) is 18.6 Å². The fraction of sp³-hybridized carbons (Fsp3) is 0.444. The second kappa shape index (κ2) is 10.9. The van der Waals surface area contributed by atoms with E-state index in [1.807, 2.05) is 42.3 Å². The number of carbonyl (C=O) groups is 1. The third-order valence-corrected chi connectivity index (χ3v) is 6.65. The molecule has 2 atom stereocenters. The van der Waals surface area contributed by atoms with E-state index in [9.17, 15) is 14.3 Å². The van der Waals surface area contributed by atoms with Crippen molar-refractivity contribution in [2.75, 3.05) is 7.05 Å². The van der Waals surface area contributed by atoms with Crippen LogP contribution in [-0.2, 0) is 27.5 Å². The highest BCUT2D eigenvalue weighted by Gasteiger charge is 2.32. The first-order chi connectivity index (χ1) is 16.0. The Kier molecular flexibility index (Phi) is 7.78. The maximum atomic E-state index is 13.5. The van der Waals surface area contributed by atoms with Crippen molar-refractivity contribution in [2.45, 2.75) is 70.0 Å². The third-order valence-electron chi connectivity index (χ3n) is 6.65. The van der Waals surface area contributed by atoms with Gasteiger partial charge in [-0.25, -0.2) is 4.39 Å². The number of ether oxygens (including phenoxy) is 2. The van der Waals surface area contributed by atoms with Gasteiger partial charge < -0.3 is 19.5 Å². The van der Waals surface area contributed by atoms with Crippen LogP contribution in [0, 0.1) is 5.82 Å². The average molecular weight is 454 g/mol. The molecule has 1 aliphatic carbocycles. The Hall–Kier alpha value is -2.70. The molecule has 4 rings (SSSR count). The van der Waals surface area contributed by atoms with Gasteiger partial charge >= 0.3 is 0 Å². The fourth-order valence-corrected chi connectivity index (χ4v) is 4.59. The minimum Gasteiger partial charge on any atom is -0.459 e. The van der Waals surface area contributed by atoms with Crippen molar-refractivity contribution in [3.05, 3.63) is 82.9 Å². The predicted octanol–water partition coefficient (Wildman–Crippen LogP) is 5.04. The van der Waals surface area contributed by atoms with Gasteiger partial charge in [0.2, 0.25) is 6.29 Å². The Morgan fingerprint density at radius 1 is 1.06 bits per heavy atom. The zero-order valence-corrected chi connectivity index (χ0v) is 19.1. The molecule has 2 aliphatic rings. The van der Waals surface area contributed by atoms with Crippen molar-refractivity contribution in [3.8, 4) is 0 Å². The van der Waals surface area contributed by atoms with Crippen molar-refractivity contribution >= 4 is 5.91 Å². The summed E-state index contributed by atoms with van der Waals surface area (Å²) in [6.45, 7) is 0.323. The highest BCUT2D eigenvalue weighted by molar-refractivity contribution is 5.91. The van der Waals surface area contributed by atoms with Gasteiger partial charge in [-0.1, -0.05) is 55.7 Å². The monoisotopic (exact) mass is 453 g/mol. The lowest BCUT2D eigenvalue weighted by Crippen LogP contribution is -2.41. The molecule has 0 bridgehead atoms. The second-order valence-electron chi connectivity index (χ2n) is 8.97. The molecule has 1 heterocycles. The number of rotatable bonds is 7. The summed E-state index contributed by atoms with van der Waals surface area (Å²) in [4.78, 5) is 15.1. The lowest BCUT2D eigenvalue weighted by atomic mass is 9.92. The van der Waals surface area contributed by atoms with Crippen LogP contribution in [0.15, 0.2) is 60.4 Å². The number of carbonyl (C=O) groups excluding carboxylic acids is 1. The van der Waals surface area contributed by atoms with Gasteiger partial charge in [0.1, 0.15) is 5.82 Å². The van der Waals surface area contributed by atoms with Crippen LogP contribution in [0.3, 0.4) is 0 Å². The van der Waals surface area contributed by atoms with Crippen molar-refractivity contribution in [3.63, 3.8) is 0 Å². The number of hydrogen-bond acceptors (Lipinski definition) is 4. The zero-order chi connectivity index (χ0) is 23.2. The van der Waals surface area contributed by atoms with Crippen LogP contribution in [0.5, 0.6) is 0 Å². The second-order valence-corrected chi connectivity index (χ2v) is 8.97. The van der Waals surface area contributed by atoms with Crippen LogP contribution in [0.4, 0.5) is 4.39 Å². The minimum atomic E-state index is -0.596. The van der Waals surface area contributed by atoms with Gasteiger partial charge in [0, 0.05) is 25.4 Å². The molecule has 2 aromatic rings. The minimum absolute atomic E-state index is 0.00297. The van der Waals surface area contributed by atoms with E-state index in [-0.39, 0.29) is 30.3 Å². The molecule has 1 aliphatic heterocycles. The number of nitrogens with zero attached hydrogens (tertiary/aromatic N) is 1. The molecule has 176 valence electrons. The van der Waals surface area contributed by atoms with Crippen LogP contribution < -0.4 is 0 Å². The van der Waals surface area contributed by atoms with E-state index in [4.69, 9.17) is 9.47 Å². The summed E-state index contributed by atoms with van der Waals surface area (Å²) in [5.74, 6) is -0.235. The zero-order valence-electron chi connectivity index (χ0n) is 19.1. The normalized spacial score (nSPS) is 21.2. The molecule has 33 heavy (non-hydrogen) atoms. The Labute approximate surface area is 194 Å². The molecule has 1 fully saturated rings. The lowest BCUT2D eigenvalue weighted by Gasteiger charge is -2.34. The molecule has 1 amide bonds. The van der Waals surface area contributed by atoms with Crippen molar-refractivity contribution in [1.29, 1.82) is 0 Å². The van der Waals surface area contributed by atoms with Crippen LogP contribution in [0.2, 0.25) is 0 Å². The fourth-order valence-electron chi connectivity index (χ4n) is 4.59. The van der Waals surface area contributed by atoms with Gasteiger partial charge in [-0.3, -0.25) is 4.79 Å². The van der Waals surface area contributed by atoms with E-state index >= 15 is 0 Å². The van der Waals surface area contributed by atoms with E-state index in [2.05, 4.69) is 0 Å². The van der Waals surface area contributed by atoms with Crippen LogP contribution in [0.25, 0.3) is 0 Å². The molecule has 1 saturated carbocycles. The molecule has 5 nitrogen and oxygen atoms in total. The van der Waals surface area contributed by atoms with Gasteiger partial charge in [-0.15, -0.1) is 0 Å². The summed E-state index contributed by atoms with van der Waals surface area (Å²) in [7, 11) is 1.85. The van der Waals surface area contributed by atoms with Gasteiger partial charge in [-0.2, -0.15) is 0 Å². The predicted molar refractivity (Wildman–Crippen MR) is 124 cm³/mol. The maximum absolute atomic E-state index is 13.5. The van der Waals surface area contributed by atoms with E-state index < -0.39 is 6.29 Å². The van der Waals surface area contributed by atoms with Gasteiger partial charge in [-0.05, 0) is 47.7 Å². The van der Waals surface area contributed by atoms with Crippen molar-refractivity contribution in [2.24, 2.45) is 0 Å². The van der Waals surface area contributed by atoms with Crippen LogP contribution in [-0.4, -0.2) is 35.3 Å². The first kappa shape index (κ1) is 23.5. The Morgan fingerprint density at radius 3 is 2.39 bits per heavy atom. The number of aliphatic hydroxyl groups excluding tert-OH is 1. The molecule has 0 aromatic heterocycles. The summed E-state index contributed by atoms with van der Waals surface area (Å²) in [5.41, 5.74) is 2.72. The Balaban J connectivity index is 1.50. The van der Waals surface area contributed by atoms with E-state index in [0.29, 0.717) is 18.8 Å².